The summed E-state index contributed by atoms with van der Waals surface area (Å²) in [4.78, 5) is 2.09. The molecule has 1 saturated heterocycles. The lowest BCUT2D eigenvalue weighted by Crippen LogP contribution is -2.17. The van der Waals surface area contributed by atoms with Gasteiger partial charge in [-0.15, -0.1) is 0 Å². The molecule has 0 amide bonds. The summed E-state index contributed by atoms with van der Waals surface area (Å²) < 4.78 is 71.5. The first-order valence-electron chi connectivity index (χ1n) is 7.53. The molecule has 2 aromatic rings. The van der Waals surface area contributed by atoms with Crippen LogP contribution in [0.1, 0.15) is 18.4 Å². The van der Waals surface area contributed by atoms with E-state index in [1.807, 2.05) is 6.07 Å². The van der Waals surface area contributed by atoms with E-state index in [1.165, 1.54) is 6.07 Å². The SMILES string of the molecule is Fc1cc(C(F)(F)F)cc(F)c1Oc1cc(Br)cc(N2CCCC2)c1. The highest BCUT2D eigenvalue weighted by Crippen LogP contribution is 2.37. The van der Waals surface area contributed by atoms with Gasteiger partial charge in [0.2, 0.25) is 0 Å². The Morgan fingerprint density at radius 2 is 1.52 bits per heavy atom. The van der Waals surface area contributed by atoms with Gasteiger partial charge in [-0.1, -0.05) is 15.9 Å². The molecule has 0 aliphatic carbocycles. The summed E-state index contributed by atoms with van der Waals surface area (Å²) in [5, 5.41) is 0. The third-order valence-electron chi connectivity index (χ3n) is 3.87. The van der Waals surface area contributed by atoms with Gasteiger partial charge in [0.05, 0.1) is 5.56 Å². The average molecular weight is 422 g/mol. The third kappa shape index (κ3) is 4.05. The standard InChI is InChI=1S/C17H13BrF5NO/c18-11-7-12(24-3-1-2-4-24)9-13(8-11)25-16-14(19)5-10(6-15(16)20)17(21,22)23/h5-9H,1-4H2. The number of hydrogen-bond acceptors (Lipinski definition) is 2. The number of hydrogen-bond donors (Lipinski definition) is 0. The van der Waals surface area contributed by atoms with E-state index < -0.39 is 29.1 Å². The molecule has 2 nitrogen and oxygen atoms in total. The lowest BCUT2D eigenvalue weighted by Gasteiger charge is -2.19. The number of alkyl halides is 3. The Morgan fingerprint density at radius 3 is 2.08 bits per heavy atom. The molecule has 1 aliphatic heterocycles. The smallest absolute Gasteiger partial charge is 0.416 e. The molecule has 25 heavy (non-hydrogen) atoms. The van der Waals surface area contributed by atoms with Crippen LogP contribution < -0.4 is 9.64 Å². The maximum atomic E-state index is 13.9. The molecule has 0 saturated carbocycles. The summed E-state index contributed by atoms with van der Waals surface area (Å²) in [5.74, 6) is -3.54. The van der Waals surface area contributed by atoms with Crippen LogP contribution in [0.15, 0.2) is 34.8 Å². The molecule has 0 N–H and O–H groups in total. The highest BCUT2D eigenvalue weighted by Gasteiger charge is 2.33. The van der Waals surface area contributed by atoms with Gasteiger partial charge in [-0.05, 0) is 37.1 Å². The number of nitrogens with zero attached hydrogens (tertiary/aromatic N) is 1. The van der Waals surface area contributed by atoms with Crippen molar-refractivity contribution in [2.45, 2.75) is 19.0 Å². The van der Waals surface area contributed by atoms with Crippen LogP contribution in [0, 0.1) is 11.6 Å². The number of benzene rings is 2. The van der Waals surface area contributed by atoms with Crippen LogP contribution in [0.5, 0.6) is 11.5 Å². The molecular weight excluding hydrogens is 409 g/mol. The van der Waals surface area contributed by atoms with E-state index in [4.69, 9.17) is 4.74 Å². The van der Waals surface area contributed by atoms with Crippen LogP contribution in [-0.4, -0.2) is 13.1 Å². The minimum atomic E-state index is -4.83. The van der Waals surface area contributed by atoms with Crippen molar-refractivity contribution in [3.8, 4) is 11.5 Å². The second kappa shape index (κ2) is 6.82. The highest BCUT2D eigenvalue weighted by atomic mass is 79.9. The van der Waals surface area contributed by atoms with E-state index in [1.54, 1.807) is 6.07 Å². The Balaban J connectivity index is 1.92. The summed E-state index contributed by atoms with van der Waals surface area (Å²) in [6, 6.07) is 5.38. The van der Waals surface area contributed by atoms with Crippen molar-refractivity contribution >= 4 is 21.6 Å². The fourth-order valence-corrected chi connectivity index (χ4v) is 3.16. The molecule has 0 bridgehead atoms. The minimum Gasteiger partial charge on any atom is -0.451 e. The molecular formula is C17H13BrF5NO. The minimum absolute atomic E-state index is 0.133. The second-order valence-electron chi connectivity index (χ2n) is 5.71. The molecule has 1 fully saturated rings. The van der Waals surface area contributed by atoms with Crippen molar-refractivity contribution < 1.29 is 26.7 Å². The molecule has 0 aromatic heterocycles. The quantitative estimate of drug-likeness (QED) is 0.552. The fraction of sp³-hybridized carbons (Fsp3) is 0.294. The van der Waals surface area contributed by atoms with E-state index in [-0.39, 0.29) is 17.9 Å². The molecule has 1 aliphatic rings. The Kier molecular flexibility index (Phi) is 4.90. The Hall–Kier alpha value is -1.83. The molecule has 3 rings (SSSR count). The van der Waals surface area contributed by atoms with Crippen molar-refractivity contribution in [2.24, 2.45) is 0 Å². The summed E-state index contributed by atoms with van der Waals surface area (Å²) in [6.45, 7) is 1.72. The number of rotatable bonds is 3. The molecule has 8 heteroatoms. The van der Waals surface area contributed by atoms with Crippen LogP contribution in [-0.2, 0) is 6.18 Å². The number of ether oxygens (including phenoxy) is 1. The van der Waals surface area contributed by atoms with Crippen LogP contribution in [0.3, 0.4) is 0 Å². The van der Waals surface area contributed by atoms with Gasteiger partial charge in [-0.3, -0.25) is 0 Å². The van der Waals surface area contributed by atoms with Crippen molar-refractivity contribution in [3.05, 3.63) is 52.0 Å². The van der Waals surface area contributed by atoms with Crippen LogP contribution in [0.2, 0.25) is 0 Å². The summed E-state index contributed by atoms with van der Waals surface area (Å²) in [5.41, 5.74) is -0.587. The van der Waals surface area contributed by atoms with E-state index in [0.717, 1.165) is 31.6 Å². The predicted octanol–water partition coefficient (Wildman–Crippen LogP) is 6.14. The third-order valence-corrected chi connectivity index (χ3v) is 4.33. The molecule has 0 radical (unpaired) electrons. The first-order valence-corrected chi connectivity index (χ1v) is 8.33. The number of anilines is 1. The highest BCUT2D eigenvalue weighted by molar-refractivity contribution is 9.10. The van der Waals surface area contributed by atoms with Gasteiger partial charge in [-0.2, -0.15) is 13.2 Å². The van der Waals surface area contributed by atoms with Gasteiger partial charge in [0.25, 0.3) is 0 Å². The van der Waals surface area contributed by atoms with Crippen LogP contribution >= 0.6 is 15.9 Å². The molecule has 0 unspecified atom stereocenters. The van der Waals surface area contributed by atoms with Crippen molar-refractivity contribution in [2.75, 3.05) is 18.0 Å². The Labute approximate surface area is 149 Å². The molecule has 2 aromatic carbocycles. The van der Waals surface area contributed by atoms with Crippen molar-refractivity contribution in [1.82, 2.24) is 0 Å². The Morgan fingerprint density at radius 1 is 0.920 bits per heavy atom. The largest absolute Gasteiger partial charge is 0.451 e. The normalized spacial score (nSPS) is 14.9. The van der Waals surface area contributed by atoms with E-state index >= 15 is 0 Å². The van der Waals surface area contributed by atoms with Gasteiger partial charge >= 0.3 is 6.18 Å². The van der Waals surface area contributed by atoms with Crippen molar-refractivity contribution in [1.29, 1.82) is 0 Å². The molecule has 0 spiro atoms. The fourth-order valence-electron chi connectivity index (χ4n) is 2.70. The van der Waals surface area contributed by atoms with E-state index in [9.17, 15) is 22.0 Å². The maximum absolute atomic E-state index is 13.9. The van der Waals surface area contributed by atoms with Crippen molar-refractivity contribution in [3.63, 3.8) is 0 Å². The topological polar surface area (TPSA) is 12.5 Å². The van der Waals surface area contributed by atoms with Gasteiger partial charge in [0.1, 0.15) is 5.75 Å². The average Bonchev–Trinajstić information content (AvgIpc) is 3.03. The second-order valence-corrected chi connectivity index (χ2v) is 6.62. The first kappa shape index (κ1) is 18.0. The van der Waals surface area contributed by atoms with Gasteiger partial charge in [-0.25, -0.2) is 8.78 Å². The predicted molar refractivity (Wildman–Crippen MR) is 87.0 cm³/mol. The van der Waals surface area contributed by atoms with Crippen LogP contribution in [0.4, 0.5) is 27.6 Å². The van der Waals surface area contributed by atoms with E-state index in [0.29, 0.717) is 4.47 Å². The zero-order valence-electron chi connectivity index (χ0n) is 12.8. The zero-order valence-corrected chi connectivity index (χ0v) is 14.4. The number of halogens is 6. The first-order chi connectivity index (χ1) is 11.7. The lowest BCUT2D eigenvalue weighted by molar-refractivity contribution is -0.138. The zero-order chi connectivity index (χ0) is 18.2. The molecule has 1 heterocycles. The van der Waals surface area contributed by atoms with E-state index in [2.05, 4.69) is 20.8 Å². The lowest BCUT2D eigenvalue weighted by atomic mass is 10.2. The monoisotopic (exact) mass is 421 g/mol. The molecule has 0 atom stereocenters. The Bertz CT molecular complexity index is 764. The van der Waals surface area contributed by atoms with Gasteiger partial charge in [0.15, 0.2) is 17.4 Å². The summed E-state index contributed by atoms with van der Waals surface area (Å²) in [6.07, 6.45) is -2.74. The summed E-state index contributed by atoms with van der Waals surface area (Å²) in [7, 11) is 0. The van der Waals surface area contributed by atoms with Gasteiger partial charge < -0.3 is 9.64 Å². The summed E-state index contributed by atoms with van der Waals surface area (Å²) >= 11 is 3.31. The van der Waals surface area contributed by atoms with Crippen LogP contribution in [0.25, 0.3) is 0 Å². The van der Waals surface area contributed by atoms with Gasteiger partial charge in [0, 0.05) is 29.3 Å². The maximum Gasteiger partial charge on any atom is 0.416 e. The molecule has 134 valence electrons.